The smallest absolute Gasteiger partial charge is 0.213 e. The summed E-state index contributed by atoms with van der Waals surface area (Å²) in [6.45, 7) is 3.38. The second kappa shape index (κ2) is 8.39. The second-order valence-electron chi connectivity index (χ2n) is 7.16. The Balaban J connectivity index is 1.33. The second-order valence-corrected chi connectivity index (χ2v) is 7.16. The summed E-state index contributed by atoms with van der Waals surface area (Å²) in [5.41, 5.74) is 3.17. The third-order valence-corrected chi connectivity index (χ3v) is 4.99. The van der Waals surface area contributed by atoms with E-state index in [0.29, 0.717) is 12.6 Å². The molecule has 0 radical (unpaired) electrons. The van der Waals surface area contributed by atoms with Crippen molar-refractivity contribution in [1.29, 1.82) is 0 Å². The molecule has 0 amide bonds. The predicted molar refractivity (Wildman–Crippen MR) is 103 cm³/mol. The maximum atomic E-state index is 6.06. The normalized spacial score (nSPS) is 15.1. The minimum absolute atomic E-state index is 0.319. The highest BCUT2D eigenvalue weighted by atomic mass is 16.5. The Kier molecular flexibility index (Phi) is 5.53. The van der Waals surface area contributed by atoms with Gasteiger partial charge in [0.25, 0.3) is 0 Å². The molecule has 4 rings (SSSR count). The molecule has 0 unspecified atom stereocenters. The molecule has 27 heavy (non-hydrogen) atoms. The van der Waals surface area contributed by atoms with E-state index in [-0.39, 0.29) is 0 Å². The van der Waals surface area contributed by atoms with E-state index < -0.39 is 0 Å². The Hall–Kier alpha value is -2.60. The van der Waals surface area contributed by atoms with Crippen molar-refractivity contribution in [2.24, 2.45) is 0 Å². The summed E-state index contributed by atoms with van der Waals surface area (Å²) in [6.07, 6.45) is 10.1. The van der Waals surface area contributed by atoms with Gasteiger partial charge < -0.3 is 14.5 Å². The number of hydrogen-bond acceptors (Lipinski definition) is 5. The van der Waals surface area contributed by atoms with E-state index in [1.807, 2.05) is 43.6 Å². The first kappa shape index (κ1) is 17.8. The number of furan rings is 1. The van der Waals surface area contributed by atoms with E-state index in [9.17, 15) is 0 Å². The van der Waals surface area contributed by atoms with E-state index in [1.54, 1.807) is 0 Å². The molecule has 142 valence electrons. The van der Waals surface area contributed by atoms with Gasteiger partial charge in [-0.05, 0) is 56.4 Å². The molecule has 1 aliphatic rings. The zero-order valence-electron chi connectivity index (χ0n) is 15.7. The first-order valence-electron chi connectivity index (χ1n) is 9.69. The summed E-state index contributed by atoms with van der Waals surface area (Å²) in [4.78, 5) is 4.37. The molecule has 0 aromatic carbocycles. The molecular formula is C21H26N4O2. The average Bonchev–Trinajstić information content (AvgIpc) is 3.32. The fourth-order valence-corrected chi connectivity index (χ4v) is 3.55. The van der Waals surface area contributed by atoms with Gasteiger partial charge in [0.2, 0.25) is 5.88 Å². The van der Waals surface area contributed by atoms with Crippen molar-refractivity contribution in [1.82, 2.24) is 20.5 Å². The Morgan fingerprint density at radius 2 is 2.07 bits per heavy atom. The van der Waals surface area contributed by atoms with Gasteiger partial charge in [-0.1, -0.05) is 6.42 Å². The lowest BCUT2D eigenvalue weighted by Gasteiger charge is -2.22. The highest BCUT2D eigenvalue weighted by molar-refractivity contribution is 5.56. The van der Waals surface area contributed by atoms with Gasteiger partial charge in [-0.15, -0.1) is 0 Å². The number of aryl methyl sites for hydroxylation is 1. The van der Waals surface area contributed by atoms with Gasteiger partial charge in [0, 0.05) is 30.9 Å². The molecular weight excluding hydrogens is 340 g/mol. The van der Waals surface area contributed by atoms with Crippen LogP contribution in [0.1, 0.15) is 49.0 Å². The molecule has 6 nitrogen and oxygen atoms in total. The number of nitrogens with zero attached hydrogens (tertiary/aromatic N) is 2. The van der Waals surface area contributed by atoms with Crippen molar-refractivity contribution in [3.05, 3.63) is 53.5 Å². The van der Waals surface area contributed by atoms with E-state index in [0.717, 1.165) is 53.6 Å². The Labute approximate surface area is 159 Å². The summed E-state index contributed by atoms with van der Waals surface area (Å²) < 4.78 is 11.8. The largest absolute Gasteiger partial charge is 0.474 e. The molecule has 0 spiro atoms. The SMILES string of the molecule is Cc1ccc(-c2[nH]ncc2CNCc2ccnc(OC3CCCCC3)c2)o1. The summed E-state index contributed by atoms with van der Waals surface area (Å²) in [5.74, 6) is 2.44. The highest BCUT2D eigenvalue weighted by Crippen LogP contribution is 2.24. The molecule has 6 heteroatoms. The summed E-state index contributed by atoms with van der Waals surface area (Å²) >= 11 is 0. The molecule has 0 saturated heterocycles. The van der Waals surface area contributed by atoms with Crippen molar-refractivity contribution < 1.29 is 9.15 Å². The molecule has 3 heterocycles. The van der Waals surface area contributed by atoms with Crippen LogP contribution < -0.4 is 10.1 Å². The van der Waals surface area contributed by atoms with Crippen LogP contribution >= 0.6 is 0 Å². The van der Waals surface area contributed by atoms with Gasteiger partial charge in [0.1, 0.15) is 17.6 Å². The van der Waals surface area contributed by atoms with Gasteiger partial charge in [0.15, 0.2) is 5.76 Å². The lowest BCUT2D eigenvalue weighted by Crippen LogP contribution is -2.20. The zero-order chi connectivity index (χ0) is 18.5. The average molecular weight is 366 g/mol. The Morgan fingerprint density at radius 3 is 2.89 bits per heavy atom. The third kappa shape index (κ3) is 4.57. The van der Waals surface area contributed by atoms with E-state index in [2.05, 4.69) is 20.5 Å². The van der Waals surface area contributed by atoms with Crippen LogP contribution in [0.2, 0.25) is 0 Å². The molecule has 1 fully saturated rings. The van der Waals surface area contributed by atoms with Crippen LogP contribution in [0.5, 0.6) is 5.88 Å². The molecule has 3 aromatic rings. The zero-order valence-corrected chi connectivity index (χ0v) is 15.7. The van der Waals surface area contributed by atoms with Crippen molar-refractivity contribution >= 4 is 0 Å². The van der Waals surface area contributed by atoms with Crippen LogP contribution in [-0.4, -0.2) is 21.3 Å². The summed E-state index contributed by atoms with van der Waals surface area (Å²) in [6, 6.07) is 7.98. The number of ether oxygens (including phenoxy) is 1. The van der Waals surface area contributed by atoms with E-state index >= 15 is 0 Å². The van der Waals surface area contributed by atoms with Crippen LogP contribution in [0.25, 0.3) is 11.5 Å². The van der Waals surface area contributed by atoms with Gasteiger partial charge in [-0.25, -0.2) is 4.98 Å². The molecule has 2 N–H and O–H groups in total. The molecule has 0 bridgehead atoms. The van der Waals surface area contributed by atoms with E-state index in [4.69, 9.17) is 9.15 Å². The maximum Gasteiger partial charge on any atom is 0.213 e. The quantitative estimate of drug-likeness (QED) is 0.649. The van der Waals surface area contributed by atoms with Crippen LogP contribution in [-0.2, 0) is 13.1 Å². The number of aromatic amines is 1. The fourth-order valence-electron chi connectivity index (χ4n) is 3.55. The molecule has 1 saturated carbocycles. The van der Waals surface area contributed by atoms with Crippen LogP contribution in [0.3, 0.4) is 0 Å². The van der Waals surface area contributed by atoms with Crippen molar-refractivity contribution in [2.45, 2.75) is 58.2 Å². The van der Waals surface area contributed by atoms with Gasteiger partial charge in [-0.2, -0.15) is 5.10 Å². The first-order chi connectivity index (χ1) is 13.3. The monoisotopic (exact) mass is 366 g/mol. The number of rotatable bonds is 7. The number of nitrogens with one attached hydrogen (secondary N) is 2. The highest BCUT2D eigenvalue weighted by Gasteiger charge is 2.15. The third-order valence-electron chi connectivity index (χ3n) is 4.99. The first-order valence-corrected chi connectivity index (χ1v) is 9.69. The maximum absolute atomic E-state index is 6.06. The summed E-state index contributed by atoms with van der Waals surface area (Å²) in [7, 11) is 0. The molecule has 0 aliphatic heterocycles. The van der Waals surface area contributed by atoms with Crippen molar-refractivity contribution in [3.63, 3.8) is 0 Å². The lowest BCUT2D eigenvalue weighted by atomic mass is 9.98. The number of pyridine rings is 1. The lowest BCUT2D eigenvalue weighted by molar-refractivity contribution is 0.148. The van der Waals surface area contributed by atoms with Gasteiger partial charge >= 0.3 is 0 Å². The minimum atomic E-state index is 0.319. The van der Waals surface area contributed by atoms with Crippen LogP contribution in [0.4, 0.5) is 0 Å². The molecule has 3 aromatic heterocycles. The Morgan fingerprint density at radius 1 is 1.19 bits per heavy atom. The van der Waals surface area contributed by atoms with Crippen molar-refractivity contribution in [2.75, 3.05) is 0 Å². The number of H-pyrrole nitrogens is 1. The Bertz CT molecular complexity index is 864. The fraction of sp³-hybridized carbons (Fsp3) is 0.429. The topological polar surface area (TPSA) is 76.0 Å². The van der Waals surface area contributed by atoms with Crippen molar-refractivity contribution in [3.8, 4) is 17.3 Å². The number of hydrogen-bond donors (Lipinski definition) is 2. The van der Waals surface area contributed by atoms with Crippen LogP contribution in [0.15, 0.2) is 41.1 Å². The van der Waals surface area contributed by atoms with E-state index in [1.165, 1.54) is 19.3 Å². The molecule has 1 aliphatic carbocycles. The van der Waals surface area contributed by atoms with Crippen LogP contribution in [0, 0.1) is 6.92 Å². The van der Waals surface area contributed by atoms with Gasteiger partial charge in [-0.3, -0.25) is 5.10 Å². The predicted octanol–water partition coefficient (Wildman–Crippen LogP) is 4.37. The summed E-state index contributed by atoms with van der Waals surface area (Å²) in [5, 5.41) is 10.6. The number of aromatic nitrogens is 3. The molecule has 0 atom stereocenters. The van der Waals surface area contributed by atoms with Gasteiger partial charge in [0.05, 0.1) is 6.20 Å². The minimum Gasteiger partial charge on any atom is -0.474 e. The standard InChI is InChI=1S/C21H26N4O2/c1-15-7-8-19(26-15)21-17(14-24-25-21)13-22-12-16-9-10-23-20(11-16)27-18-5-3-2-4-6-18/h7-11,14,18,22H,2-6,12-13H2,1H3,(H,24,25).